The normalized spacial score (nSPS) is 21.2. The zero-order valence-corrected chi connectivity index (χ0v) is 14.3. The number of anilines is 1. The fourth-order valence-corrected chi connectivity index (χ4v) is 3.60. The maximum Gasteiger partial charge on any atom is 0.270 e. The summed E-state index contributed by atoms with van der Waals surface area (Å²) in [7, 11) is 0. The first-order chi connectivity index (χ1) is 11.7. The zero-order chi connectivity index (χ0) is 16.9. The van der Waals surface area contributed by atoms with Gasteiger partial charge in [-0.05, 0) is 39.2 Å². The number of rotatable bonds is 6. The summed E-state index contributed by atoms with van der Waals surface area (Å²) in [5.41, 5.74) is 1.43. The van der Waals surface area contributed by atoms with Crippen molar-refractivity contribution in [1.82, 2.24) is 20.2 Å². The van der Waals surface area contributed by atoms with Crippen LogP contribution < -0.4 is 10.6 Å². The molecule has 132 valence electrons. The van der Waals surface area contributed by atoms with Gasteiger partial charge < -0.3 is 15.7 Å². The molecule has 2 aliphatic heterocycles. The summed E-state index contributed by atoms with van der Waals surface area (Å²) in [6, 6.07) is 0.316. The quantitative estimate of drug-likeness (QED) is 0.665. The molecule has 1 aromatic rings. The summed E-state index contributed by atoms with van der Waals surface area (Å²) in [5.74, 6) is 1.30. The monoisotopic (exact) mass is 333 g/mol. The molecule has 1 saturated heterocycles. The molecule has 1 atom stereocenters. The van der Waals surface area contributed by atoms with Crippen LogP contribution in [0, 0.1) is 6.92 Å². The molecule has 7 nitrogen and oxygen atoms in total. The molecule has 0 aromatic carbocycles. The topological polar surface area (TPSA) is 90.4 Å². The van der Waals surface area contributed by atoms with E-state index in [4.69, 9.17) is 0 Å². The molecular weight excluding hydrogens is 306 g/mol. The van der Waals surface area contributed by atoms with Crippen molar-refractivity contribution in [3.8, 4) is 0 Å². The molecular formula is C17H27N5O2. The second-order valence-corrected chi connectivity index (χ2v) is 6.60. The molecule has 2 aliphatic rings. The Morgan fingerprint density at radius 1 is 1.38 bits per heavy atom. The van der Waals surface area contributed by atoms with Gasteiger partial charge in [-0.3, -0.25) is 9.69 Å². The van der Waals surface area contributed by atoms with Crippen LogP contribution in [0.2, 0.25) is 0 Å². The van der Waals surface area contributed by atoms with E-state index < -0.39 is 0 Å². The molecule has 1 unspecified atom stereocenters. The van der Waals surface area contributed by atoms with Crippen molar-refractivity contribution in [3.05, 3.63) is 17.1 Å². The third-order valence-corrected chi connectivity index (χ3v) is 4.87. The summed E-state index contributed by atoms with van der Waals surface area (Å²) in [4.78, 5) is 23.1. The Morgan fingerprint density at radius 3 is 3.08 bits per heavy atom. The first kappa shape index (κ1) is 17.1. The predicted molar refractivity (Wildman–Crippen MR) is 92.2 cm³/mol. The lowest BCUT2D eigenvalue weighted by molar-refractivity contribution is 0.0901. The molecule has 7 heteroatoms. The lowest BCUT2D eigenvalue weighted by atomic mass is 10.0. The number of likely N-dealkylation sites (tertiary alicyclic amines) is 1. The SMILES string of the molecule is Cc1nc(NCCCN2CCCCC2CO)c2c(n1)C(=O)NCC2. The van der Waals surface area contributed by atoms with Gasteiger partial charge in [0.1, 0.15) is 17.3 Å². The van der Waals surface area contributed by atoms with E-state index in [9.17, 15) is 9.90 Å². The number of nitrogens with zero attached hydrogens (tertiary/aromatic N) is 3. The maximum absolute atomic E-state index is 11.9. The van der Waals surface area contributed by atoms with E-state index in [-0.39, 0.29) is 12.5 Å². The Balaban J connectivity index is 1.56. The van der Waals surface area contributed by atoms with Gasteiger partial charge in [0.25, 0.3) is 5.91 Å². The molecule has 3 N–H and O–H groups in total. The van der Waals surface area contributed by atoms with Crippen LogP contribution in [-0.4, -0.2) is 64.7 Å². The highest BCUT2D eigenvalue weighted by Crippen LogP contribution is 2.20. The van der Waals surface area contributed by atoms with E-state index in [1.54, 1.807) is 0 Å². The van der Waals surface area contributed by atoms with Gasteiger partial charge in [-0.2, -0.15) is 0 Å². The van der Waals surface area contributed by atoms with Crippen LogP contribution >= 0.6 is 0 Å². The number of hydrogen-bond donors (Lipinski definition) is 3. The number of fused-ring (bicyclic) bond motifs is 1. The Morgan fingerprint density at radius 2 is 2.25 bits per heavy atom. The zero-order valence-electron chi connectivity index (χ0n) is 14.3. The minimum atomic E-state index is -0.107. The highest BCUT2D eigenvalue weighted by Gasteiger charge is 2.23. The van der Waals surface area contributed by atoms with Crippen LogP contribution in [0.3, 0.4) is 0 Å². The Labute approximate surface area is 142 Å². The van der Waals surface area contributed by atoms with Crippen molar-refractivity contribution in [1.29, 1.82) is 0 Å². The Kier molecular flexibility index (Phi) is 5.63. The number of hydrogen-bond acceptors (Lipinski definition) is 6. The molecule has 0 bridgehead atoms. The number of aromatic nitrogens is 2. The molecule has 0 spiro atoms. The first-order valence-corrected chi connectivity index (χ1v) is 8.93. The Bertz CT molecular complexity index is 593. The third kappa shape index (κ3) is 3.84. The largest absolute Gasteiger partial charge is 0.395 e. The van der Waals surface area contributed by atoms with Crippen LogP contribution in [0.15, 0.2) is 0 Å². The fraction of sp³-hybridized carbons (Fsp3) is 0.706. The predicted octanol–water partition coefficient (Wildman–Crippen LogP) is 0.720. The van der Waals surface area contributed by atoms with E-state index in [1.165, 1.54) is 12.8 Å². The minimum absolute atomic E-state index is 0.107. The van der Waals surface area contributed by atoms with Gasteiger partial charge in [0.2, 0.25) is 0 Å². The standard InChI is InChI=1S/C17H27N5O2/c1-12-20-15-14(6-8-19-17(15)24)16(21-12)18-7-4-10-22-9-3-2-5-13(22)11-23/h13,23H,2-11H2,1H3,(H,19,24)(H,18,20,21). The molecule has 24 heavy (non-hydrogen) atoms. The van der Waals surface area contributed by atoms with E-state index in [0.29, 0.717) is 24.1 Å². The van der Waals surface area contributed by atoms with Crippen LogP contribution in [0.1, 0.15) is 47.6 Å². The summed E-state index contributed by atoms with van der Waals surface area (Å²) in [5, 5.41) is 15.7. The molecule has 3 heterocycles. The lowest BCUT2D eigenvalue weighted by Crippen LogP contribution is -2.42. The van der Waals surface area contributed by atoms with Gasteiger partial charge in [-0.15, -0.1) is 0 Å². The highest BCUT2D eigenvalue weighted by molar-refractivity contribution is 5.95. The molecule has 3 rings (SSSR count). The molecule has 0 aliphatic carbocycles. The van der Waals surface area contributed by atoms with E-state index in [1.807, 2.05) is 6.92 Å². The number of carbonyl (C=O) groups excluding carboxylic acids is 1. The Hall–Kier alpha value is -1.73. The number of aliphatic hydroxyl groups is 1. The summed E-state index contributed by atoms with van der Waals surface area (Å²) >= 11 is 0. The smallest absolute Gasteiger partial charge is 0.270 e. The van der Waals surface area contributed by atoms with Gasteiger partial charge in [0, 0.05) is 31.2 Å². The van der Waals surface area contributed by atoms with Crippen molar-refractivity contribution in [2.24, 2.45) is 0 Å². The molecule has 0 saturated carbocycles. The highest BCUT2D eigenvalue weighted by atomic mass is 16.3. The van der Waals surface area contributed by atoms with Gasteiger partial charge >= 0.3 is 0 Å². The summed E-state index contributed by atoms with van der Waals surface area (Å²) in [6.45, 7) is 5.56. The maximum atomic E-state index is 11.9. The number of nitrogens with one attached hydrogen (secondary N) is 2. The van der Waals surface area contributed by atoms with Crippen LogP contribution in [0.5, 0.6) is 0 Å². The molecule has 1 aromatic heterocycles. The van der Waals surface area contributed by atoms with Gasteiger partial charge in [-0.25, -0.2) is 9.97 Å². The van der Waals surface area contributed by atoms with Crippen LogP contribution in [-0.2, 0) is 6.42 Å². The van der Waals surface area contributed by atoms with Crippen molar-refractivity contribution in [2.45, 2.75) is 45.1 Å². The average Bonchev–Trinajstić information content (AvgIpc) is 2.60. The van der Waals surface area contributed by atoms with E-state index in [0.717, 1.165) is 50.3 Å². The number of carbonyl (C=O) groups is 1. The number of piperidine rings is 1. The van der Waals surface area contributed by atoms with Gasteiger partial charge in [0.05, 0.1) is 6.61 Å². The van der Waals surface area contributed by atoms with Gasteiger partial charge in [0.15, 0.2) is 0 Å². The van der Waals surface area contributed by atoms with Crippen LogP contribution in [0.25, 0.3) is 0 Å². The van der Waals surface area contributed by atoms with Gasteiger partial charge in [-0.1, -0.05) is 6.42 Å². The fourth-order valence-electron chi connectivity index (χ4n) is 3.60. The van der Waals surface area contributed by atoms with Crippen molar-refractivity contribution < 1.29 is 9.90 Å². The first-order valence-electron chi connectivity index (χ1n) is 8.93. The second-order valence-electron chi connectivity index (χ2n) is 6.60. The second kappa shape index (κ2) is 7.90. The molecule has 1 fully saturated rings. The minimum Gasteiger partial charge on any atom is -0.395 e. The summed E-state index contributed by atoms with van der Waals surface area (Å²) < 4.78 is 0. The van der Waals surface area contributed by atoms with E-state index >= 15 is 0 Å². The molecule has 1 amide bonds. The molecule has 0 radical (unpaired) electrons. The number of aliphatic hydroxyl groups excluding tert-OH is 1. The number of amides is 1. The van der Waals surface area contributed by atoms with Crippen molar-refractivity contribution in [2.75, 3.05) is 38.1 Å². The lowest BCUT2D eigenvalue weighted by Gasteiger charge is -2.34. The van der Waals surface area contributed by atoms with Crippen LogP contribution in [0.4, 0.5) is 5.82 Å². The number of aryl methyl sites for hydroxylation is 1. The summed E-state index contributed by atoms with van der Waals surface area (Å²) in [6.07, 6.45) is 5.28. The van der Waals surface area contributed by atoms with E-state index in [2.05, 4.69) is 25.5 Å². The van der Waals surface area contributed by atoms with Crippen molar-refractivity contribution in [3.63, 3.8) is 0 Å². The van der Waals surface area contributed by atoms with Crippen molar-refractivity contribution >= 4 is 11.7 Å². The third-order valence-electron chi connectivity index (χ3n) is 4.87. The average molecular weight is 333 g/mol.